The number of benzene rings is 1. The quantitative estimate of drug-likeness (QED) is 0.577. The summed E-state index contributed by atoms with van der Waals surface area (Å²) >= 11 is 0. The molecule has 8 nitrogen and oxygen atoms in total. The van der Waals surface area contributed by atoms with Crippen molar-refractivity contribution < 1.29 is 20.1 Å². The van der Waals surface area contributed by atoms with Crippen LogP contribution in [0.4, 0.5) is 5.82 Å². The lowest BCUT2D eigenvalue weighted by molar-refractivity contribution is -0.0548. The first-order valence-electron chi connectivity index (χ1n) is 7.09. The van der Waals surface area contributed by atoms with Gasteiger partial charge in [0.25, 0.3) is 0 Å². The third kappa shape index (κ3) is 2.73. The molecule has 0 spiro atoms. The van der Waals surface area contributed by atoms with E-state index in [9.17, 15) is 15.0 Å². The summed E-state index contributed by atoms with van der Waals surface area (Å²) in [7, 11) is 0. The van der Waals surface area contributed by atoms with Crippen molar-refractivity contribution in [2.75, 3.05) is 12.3 Å². The maximum Gasteiger partial charge on any atom is 0.351 e. The number of ether oxygens (including phenoxy) is 1. The summed E-state index contributed by atoms with van der Waals surface area (Å²) in [5.41, 5.74) is 6.36. The molecule has 2 heterocycles. The van der Waals surface area contributed by atoms with E-state index in [4.69, 9.17) is 15.6 Å². The van der Waals surface area contributed by atoms with Crippen LogP contribution in [-0.4, -0.2) is 49.8 Å². The Balaban J connectivity index is 2.06. The monoisotopic (exact) mass is 319 g/mol. The molecule has 8 heteroatoms. The van der Waals surface area contributed by atoms with Crippen molar-refractivity contribution in [3.63, 3.8) is 0 Å². The number of hydrogen-bond acceptors (Lipinski definition) is 7. The van der Waals surface area contributed by atoms with Crippen molar-refractivity contribution >= 4 is 5.82 Å². The summed E-state index contributed by atoms with van der Waals surface area (Å²) in [4.78, 5) is 15.8. The maximum atomic E-state index is 12.1. The van der Waals surface area contributed by atoms with Gasteiger partial charge in [0.05, 0.1) is 6.61 Å². The van der Waals surface area contributed by atoms with Crippen molar-refractivity contribution in [3.05, 3.63) is 47.0 Å². The predicted molar refractivity (Wildman–Crippen MR) is 81.4 cm³/mol. The molecule has 0 bridgehead atoms. The number of rotatable bonds is 3. The van der Waals surface area contributed by atoms with E-state index in [1.165, 1.54) is 6.20 Å². The van der Waals surface area contributed by atoms with E-state index in [0.29, 0.717) is 5.56 Å². The SMILES string of the molecule is Nc1nc(=O)n([C@@H]2O[C@H](CO)[C@H](O)[C@@H]2O)cc1-c1ccccc1. The molecular formula is C15H17N3O5. The normalized spacial score (nSPS) is 27.3. The minimum absolute atomic E-state index is 0.0594. The molecule has 1 saturated heterocycles. The Labute approximate surface area is 131 Å². The van der Waals surface area contributed by atoms with Gasteiger partial charge in [-0.05, 0) is 5.56 Å². The Hall–Kier alpha value is -2.26. The van der Waals surface area contributed by atoms with E-state index in [0.717, 1.165) is 10.1 Å². The average molecular weight is 319 g/mol. The maximum absolute atomic E-state index is 12.1. The average Bonchev–Trinajstić information content (AvgIpc) is 2.84. The van der Waals surface area contributed by atoms with Gasteiger partial charge in [0.15, 0.2) is 6.23 Å². The third-order valence-corrected chi connectivity index (χ3v) is 3.86. The number of aliphatic hydroxyl groups excluding tert-OH is 3. The molecule has 122 valence electrons. The highest BCUT2D eigenvalue weighted by Crippen LogP contribution is 2.30. The molecule has 0 aliphatic carbocycles. The summed E-state index contributed by atoms with van der Waals surface area (Å²) in [6, 6.07) is 9.08. The smallest absolute Gasteiger partial charge is 0.351 e. The van der Waals surface area contributed by atoms with Gasteiger partial charge >= 0.3 is 5.69 Å². The highest BCUT2D eigenvalue weighted by molar-refractivity contribution is 5.72. The molecule has 4 atom stereocenters. The van der Waals surface area contributed by atoms with Crippen LogP contribution in [0.15, 0.2) is 41.3 Å². The van der Waals surface area contributed by atoms with E-state index in [1.54, 1.807) is 12.1 Å². The van der Waals surface area contributed by atoms with Gasteiger partial charge in [-0.25, -0.2) is 4.79 Å². The van der Waals surface area contributed by atoms with Crippen molar-refractivity contribution in [1.29, 1.82) is 0 Å². The van der Waals surface area contributed by atoms with Gasteiger partial charge in [-0.15, -0.1) is 0 Å². The van der Waals surface area contributed by atoms with Crippen LogP contribution in [0.3, 0.4) is 0 Å². The number of hydrogen-bond donors (Lipinski definition) is 4. The zero-order valence-electron chi connectivity index (χ0n) is 12.1. The first-order valence-corrected chi connectivity index (χ1v) is 7.09. The lowest BCUT2D eigenvalue weighted by atomic mass is 10.1. The highest BCUT2D eigenvalue weighted by atomic mass is 16.6. The Morgan fingerprint density at radius 1 is 1.22 bits per heavy atom. The zero-order chi connectivity index (χ0) is 16.6. The fourth-order valence-electron chi connectivity index (χ4n) is 2.61. The standard InChI is InChI=1S/C15H17N3O5/c16-13-9(8-4-2-1-3-5-8)6-18(15(22)17-13)14-12(21)11(20)10(7-19)23-14/h1-6,10-12,14,19-21H,7H2,(H2,16,17,22)/t10-,11+,12+,14-/m1/s1. The largest absolute Gasteiger partial charge is 0.394 e. The first kappa shape index (κ1) is 15.6. The van der Waals surface area contributed by atoms with E-state index in [-0.39, 0.29) is 5.82 Å². The van der Waals surface area contributed by atoms with Crippen molar-refractivity contribution in [3.8, 4) is 11.1 Å². The fraction of sp³-hybridized carbons (Fsp3) is 0.333. The fourth-order valence-corrected chi connectivity index (χ4v) is 2.61. The number of nitrogens with two attached hydrogens (primary N) is 1. The molecule has 5 N–H and O–H groups in total. The zero-order valence-corrected chi connectivity index (χ0v) is 12.1. The highest BCUT2D eigenvalue weighted by Gasteiger charge is 2.43. The number of anilines is 1. The van der Waals surface area contributed by atoms with Gasteiger partial charge < -0.3 is 25.8 Å². The predicted octanol–water partition coefficient (Wildman–Crippen LogP) is -0.896. The molecule has 0 amide bonds. The molecule has 2 aromatic rings. The second-order valence-corrected chi connectivity index (χ2v) is 5.32. The van der Waals surface area contributed by atoms with E-state index >= 15 is 0 Å². The molecule has 1 fully saturated rings. The molecule has 1 aromatic heterocycles. The van der Waals surface area contributed by atoms with Crippen LogP contribution in [0.5, 0.6) is 0 Å². The summed E-state index contributed by atoms with van der Waals surface area (Å²) in [5.74, 6) is 0.0594. The lowest BCUT2D eigenvalue weighted by Crippen LogP contribution is -2.36. The lowest BCUT2D eigenvalue weighted by Gasteiger charge is -2.18. The van der Waals surface area contributed by atoms with Gasteiger partial charge in [0.2, 0.25) is 0 Å². The first-order chi connectivity index (χ1) is 11.0. The summed E-state index contributed by atoms with van der Waals surface area (Å²) in [5, 5.41) is 29.0. The molecule has 3 rings (SSSR count). The second kappa shape index (κ2) is 6.09. The van der Waals surface area contributed by atoms with Crippen LogP contribution >= 0.6 is 0 Å². The Bertz CT molecular complexity index is 749. The van der Waals surface area contributed by atoms with Crippen molar-refractivity contribution in [2.45, 2.75) is 24.5 Å². The van der Waals surface area contributed by atoms with Gasteiger partial charge in [-0.1, -0.05) is 30.3 Å². The van der Waals surface area contributed by atoms with E-state index in [2.05, 4.69) is 4.98 Å². The van der Waals surface area contributed by atoms with Gasteiger partial charge in [0.1, 0.15) is 24.1 Å². The molecule has 1 aliphatic heterocycles. The van der Waals surface area contributed by atoms with Crippen LogP contribution < -0.4 is 11.4 Å². The molecule has 0 radical (unpaired) electrons. The van der Waals surface area contributed by atoms with E-state index < -0.39 is 36.8 Å². The number of nitrogens with zero attached hydrogens (tertiary/aromatic N) is 2. The minimum atomic E-state index is -1.36. The Morgan fingerprint density at radius 3 is 2.52 bits per heavy atom. The van der Waals surface area contributed by atoms with Gasteiger partial charge in [-0.2, -0.15) is 4.98 Å². The van der Waals surface area contributed by atoms with Crippen LogP contribution in [0.2, 0.25) is 0 Å². The van der Waals surface area contributed by atoms with E-state index in [1.807, 2.05) is 18.2 Å². The van der Waals surface area contributed by atoms with Crippen molar-refractivity contribution in [2.24, 2.45) is 0 Å². The van der Waals surface area contributed by atoms with Crippen LogP contribution in [-0.2, 0) is 4.74 Å². The Morgan fingerprint density at radius 2 is 1.91 bits per heavy atom. The minimum Gasteiger partial charge on any atom is -0.394 e. The van der Waals surface area contributed by atoms with Crippen LogP contribution in [0, 0.1) is 0 Å². The summed E-state index contributed by atoms with van der Waals surface area (Å²) < 4.78 is 6.44. The molecule has 0 saturated carbocycles. The topological polar surface area (TPSA) is 131 Å². The van der Waals surface area contributed by atoms with Gasteiger partial charge in [0, 0.05) is 11.8 Å². The number of aliphatic hydroxyl groups is 3. The third-order valence-electron chi connectivity index (χ3n) is 3.86. The van der Waals surface area contributed by atoms with Crippen LogP contribution in [0.25, 0.3) is 11.1 Å². The summed E-state index contributed by atoms with van der Waals surface area (Å²) in [6.07, 6.45) is -3.35. The summed E-state index contributed by atoms with van der Waals surface area (Å²) in [6.45, 7) is -0.475. The number of nitrogen functional groups attached to an aromatic ring is 1. The van der Waals surface area contributed by atoms with Crippen LogP contribution in [0.1, 0.15) is 6.23 Å². The van der Waals surface area contributed by atoms with Crippen molar-refractivity contribution in [1.82, 2.24) is 9.55 Å². The molecule has 23 heavy (non-hydrogen) atoms. The molecule has 0 unspecified atom stereocenters. The van der Waals surface area contributed by atoms with Gasteiger partial charge in [-0.3, -0.25) is 4.57 Å². The molecule has 1 aromatic carbocycles. The molecule has 1 aliphatic rings. The second-order valence-electron chi connectivity index (χ2n) is 5.32. The Kier molecular flexibility index (Phi) is 4.14. The number of aromatic nitrogens is 2. The molecular weight excluding hydrogens is 302 g/mol.